The van der Waals surface area contributed by atoms with E-state index in [4.69, 9.17) is 11.6 Å². The Hall–Kier alpha value is -4.86. The number of nitrogens with one attached hydrogen (secondary N) is 3. The summed E-state index contributed by atoms with van der Waals surface area (Å²) in [4.78, 5) is 43.1. The molecule has 0 radical (unpaired) electrons. The Morgan fingerprint density at radius 1 is 0.846 bits per heavy atom. The fourth-order valence-corrected chi connectivity index (χ4v) is 8.12. The minimum Gasteiger partial charge on any atom is -0.378 e. The van der Waals surface area contributed by atoms with E-state index in [1.165, 1.54) is 11.3 Å². The van der Waals surface area contributed by atoms with Crippen molar-refractivity contribution in [3.05, 3.63) is 107 Å². The number of fused-ring (bicyclic) bond motifs is 1. The number of hydrogen-bond acceptors (Lipinski definition) is 7. The lowest BCUT2D eigenvalue weighted by Gasteiger charge is -2.40. The third-order valence-corrected chi connectivity index (χ3v) is 11.1. The van der Waals surface area contributed by atoms with Gasteiger partial charge in [0.25, 0.3) is 0 Å². The highest BCUT2D eigenvalue weighted by Crippen LogP contribution is 2.41. The number of benzene rings is 4. The molecule has 3 N–H and O–H groups in total. The van der Waals surface area contributed by atoms with Gasteiger partial charge in [-0.2, -0.15) is 0 Å². The van der Waals surface area contributed by atoms with E-state index in [0.717, 1.165) is 72.6 Å². The molecular formula is C42H47ClN6O3. The third-order valence-electron chi connectivity index (χ3n) is 10.8. The van der Waals surface area contributed by atoms with Gasteiger partial charge in [0.1, 0.15) is 6.04 Å². The zero-order valence-corrected chi connectivity index (χ0v) is 30.8. The number of halogens is 1. The topological polar surface area (TPSA) is 97.0 Å². The maximum Gasteiger partial charge on any atom is 0.249 e. The number of rotatable bonds is 9. The molecule has 3 amide bonds. The number of amides is 3. The molecule has 3 atom stereocenters. The molecule has 10 heteroatoms. The first-order valence-corrected chi connectivity index (χ1v) is 18.7. The summed E-state index contributed by atoms with van der Waals surface area (Å²) in [6, 6.07) is 31.6. The Morgan fingerprint density at radius 3 is 2.13 bits per heavy atom. The van der Waals surface area contributed by atoms with Crippen LogP contribution in [0.15, 0.2) is 91.0 Å². The van der Waals surface area contributed by atoms with Crippen molar-refractivity contribution in [3.8, 4) is 11.1 Å². The van der Waals surface area contributed by atoms with Gasteiger partial charge < -0.3 is 20.4 Å². The van der Waals surface area contributed by atoms with Crippen LogP contribution in [0.1, 0.15) is 63.1 Å². The minimum atomic E-state index is -0.378. The molecule has 52 heavy (non-hydrogen) atoms. The minimum absolute atomic E-state index is 0.0565. The first-order valence-electron chi connectivity index (χ1n) is 18.3. The Morgan fingerprint density at radius 2 is 1.48 bits per heavy atom. The Bertz CT molecular complexity index is 1910. The van der Waals surface area contributed by atoms with Crippen molar-refractivity contribution >= 4 is 52.1 Å². The molecule has 3 aliphatic rings. The number of nitrogens with zero attached hydrogens (tertiary/aromatic N) is 3. The number of anilines is 4. The smallest absolute Gasteiger partial charge is 0.249 e. The second-order valence-electron chi connectivity index (χ2n) is 14.5. The molecular weight excluding hydrogens is 672 g/mol. The molecule has 9 nitrogen and oxygen atoms in total. The predicted octanol–water partition coefficient (Wildman–Crippen LogP) is 7.62. The number of piperidine rings is 2. The molecule has 3 heterocycles. The molecule has 2 fully saturated rings. The highest BCUT2D eigenvalue weighted by atomic mass is 35.5. The van der Waals surface area contributed by atoms with E-state index in [9.17, 15) is 14.4 Å². The van der Waals surface area contributed by atoms with Gasteiger partial charge in [0.15, 0.2) is 0 Å². The lowest BCUT2D eigenvalue weighted by molar-refractivity contribution is -0.133. The molecule has 0 aliphatic carbocycles. The highest BCUT2D eigenvalue weighted by molar-refractivity contribution is 6.30. The van der Waals surface area contributed by atoms with Crippen molar-refractivity contribution in [1.29, 1.82) is 0 Å². The van der Waals surface area contributed by atoms with Crippen molar-refractivity contribution in [2.45, 2.75) is 76.7 Å². The Labute approximate surface area is 311 Å². The molecule has 3 aliphatic heterocycles. The van der Waals surface area contributed by atoms with Gasteiger partial charge >= 0.3 is 0 Å². The third kappa shape index (κ3) is 7.96. The molecule has 2 saturated heterocycles. The van der Waals surface area contributed by atoms with Crippen molar-refractivity contribution in [2.75, 3.05) is 40.6 Å². The van der Waals surface area contributed by atoms with Crippen molar-refractivity contribution < 1.29 is 14.4 Å². The van der Waals surface area contributed by atoms with E-state index in [1.807, 2.05) is 41.3 Å². The number of imide groups is 1. The molecule has 0 aromatic heterocycles. The van der Waals surface area contributed by atoms with Crippen LogP contribution < -0.4 is 25.8 Å². The average molecular weight is 719 g/mol. The van der Waals surface area contributed by atoms with Crippen LogP contribution in [-0.4, -0.2) is 60.9 Å². The second-order valence-corrected chi connectivity index (χ2v) is 14.9. The quantitative estimate of drug-likeness (QED) is 0.153. The molecule has 0 saturated carbocycles. The fraction of sp³-hybridized carbons (Fsp3) is 0.357. The molecule has 4 aromatic rings. The molecule has 3 unspecified atom stereocenters. The summed E-state index contributed by atoms with van der Waals surface area (Å²) < 4.78 is 0. The lowest BCUT2D eigenvalue weighted by atomic mass is 9.89. The predicted molar refractivity (Wildman–Crippen MR) is 210 cm³/mol. The van der Waals surface area contributed by atoms with Crippen LogP contribution in [0.4, 0.5) is 22.7 Å². The largest absolute Gasteiger partial charge is 0.378 e. The highest BCUT2D eigenvalue weighted by Gasteiger charge is 2.33. The standard InChI is InChI=1S/C42H47ClN6O3/c1-27-24-39(45-34-13-9-32(43)10-14-34)37-25-31(8-18-40(37)49(27)28(2)50)30-6-15-36(16-7-30)48-22-20-35(21-23-48)47(3)26-29-4-11-33(12-5-29)44-38-17-19-41(51)46-42(38)52/h4-16,18,25,27,35,38-39,44-45H,17,19-24,26H2,1-3H3,(H,46,51,52). The van der Waals surface area contributed by atoms with Gasteiger partial charge in [-0.25, -0.2) is 0 Å². The molecule has 0 bridgehead atoms. The van der Waals surface area contributed by atoms with E-state index in [2.05, 4.69) is 94.3 Å². The normalized spacial score (nSPS) is 20.8. The second kappa shape index (κ2) is 15.4. The van der Waals surface area contributed by atoms with E-state index in [1.54, 1.807) is 6.92 Å². The van der Waals surface area contributed by atoms with Gasteiger partial charge in [-0.3, -0.25) is 24.6 Å². The number of hydrogen-bond donors (Lipinski definition) is 3. The summed E-state index contributed by atoms with van der Waals surface area (Å²) in [5.41, 5.74) is 8.72. The number of carbonyl (C=O) groups excluding carboxylic acids is 3. The van der Waals surface area contributed by atoms with Gasteiger partial charge in [0.05, 0.1) is 6.04 Å². The summed E-state index contributed by atoms with van der Waals surface area (Å²) in [5, 5.41) is 10.1. The monoisotopic (exact) mass is 718 g/mol. The van der Waals surface area contributed by atoms with Crippen molar-refractivity contribution in [2.24, 2.45) is 0 Å². The van der Waals surface area contributed by atoms with Crippen molar-refractivity contribution in [3.63, 3.8) is 0 Å². The summed E-state index contributed by atoms with van der Waals surface area (Å²) in [6.07, 6.45) is 3.86. The molecule has 0 spiro atoms. The zero-order valence-electron chi connectivity index (χ0n) is 30.1. The van der Waals surface area contributed by atoms with Crippen LogP contribution in [0.5, 0.6) is 0 Å². The van der Waals surface area contributed by atoms with Crippen molar-refractivity contribution in [1.82, 2.24) is 10.2 Å². The first kappa shape index (κ1) is 35.5. The fourth-order valence-electron chi connectivity index (χ4n) is 7.99. The van der Waals surface area contributed by atoms with Gasteiger partial charge in [-0.05, 0) is 123 Å². The maximum atomic E-state index is 12.7. The SMILES string of the molecule is CC(=O)N1c2ccc(-c3ccc(N4CCC(N(C)Cc5ccc(NC6CCC(=O)NC6=O)cc5)CC4)cc3)cc2C(Nc2ccc(Cl)cc2)CC1C. The van der Waals surface area contributed by atoms with E-state index < -0.39 is 0 Å². The average Bonchev–Trinajstić information content (AvgIpc) is 3.14. The van der Waals surface area contributed by atoms with Crippen LogP contribution in [-0.2, 0) is 20.9 Å². The first-order chi connectivity index (χ1) is 25.1. The summed E-state index contributed by atoms with van der Waals surface area (Å²) in [5.74, 6) is -0.405. The Kier molecular flexibility index (Phi) is 10.5. The zero-order chi connectivity index (χ0) is 36.4. The van der Waals surface area contributed by atoms with Gasteiger partial charge in [-0.1, -0.05) is 41.9 Å². The van der Waals surface area contributed by atoms with Crippen LogP contribution in [0.3, 0.4) is 0 Å². The summed E-state index contributed by atoms with van der Waals surface area (Å²) in [6.45, 7) is 6.61. The van der Waals surface area contributed by atoms with Crippen LogP contribution in [0, 0.1) is 0 Å². The van der Waals surface area contributed by atoms with Gasteiger partial charge in [0.2, 0.25) is 17.7 Å². The van der Waals surface area contributed by atoms with Crippen LogP contribution >= 0.6 is 11.6 Å². The van der Waals surface area contributed by atoms with E-state index in [-0.39, 0.29) is 35.8 Å². The summed E-state index contributed by atoms with van der Waals surface area (Å²) >= 11 is 6.15. The Balaban J connectivity index is 0.961. The maximum absolute atomic E-state index is 12.7. The van der Waals surface area contributed by atoms with Crippen LogP contribution in [0.2, 0.25) is 5.02 Å². The number of carbonyl (C=O) groups is 3. The van der Waals surface area contributed by atoms with Crippen LogP contribution in [0.25, 0.3) is 11.1 Å². The summed E-state index contributed by atoms with van der Waals surface area (Å²) in [7, 11) is 2.20. The van der Waals surface area contributed by atoms with E-state index in [0.29, 0.717) is 23.9 Å². The van der Waals surface area contributed by atoms with E-state index >= 15 is 0 Å². The molecule has 7 rings (SSSR count). The molecule has 270 valence electrons. The lowest BCUT2D eigenvalue weighted by Crippen LogP contribution is -2.47. The van der Waals surface area contributed by atoms with Gasteiger partial charge in [0, 0.05) is 72.8 Å². The van der Waals surface area contributed by atoms with Gasteiger partial charge in [-0.15, -0.1) is 0 Å². The molecule has 4 aromatic carbocycles.